The van der Waals surface area contributed by atoms with Crippen LogP contribution in [0.4, 0.5) is 5.82 Å². The average molecular weight is 380 g/mol. The number of imidazole rings is 1. The number of anilines is 1. The normalized spacial score (nSPS) is 10.9. The van der Waals surface area contributed by atoms with Gasteiger partial charge in [0.2, 0.25) is 0 Å². The number of rotatable bonds is 2. The molecule has 20 heavy (non-hydrogen) atoms. The number of aromatic nitrogens is 3. The Labute approximate surface area is 129 Å². The van der Waals surface area contributed by atoms with E-state index in [2.05, 4.69) is 37.5 Å². The van der Waals surface area contributed by atoms with Crippen LogP contribution in [0, 0.1) is 3.57 Å². The molecule has 2 heterocycles. The number of phenols is 1. The minimum atomic E-state index is 0.255. The topological polar surface area (TPSA) is 65.0 Å². The van der Waals surface area contributed by atoms with Gasteiger partial charge in [-0.2, -0.15) is 0 Å². The Morgan fingerprint density at radius 1 is 1.15 bits per heavy atom. The van der Waals surface area contributed by atoms with Gasteiger partial charge in [0.1, 0.15) is 17.4 Å². The van der Waals surface area contributed by atoms with E-state index in [4.69, 9.17) is 0 Å². The van der Waals surface area contributed by atoms with Crippen molar-refractivity contribution >= 4 is 39.6 Å². The van der Waals surface area contributed by atoms with Crippen LogP contribution in [-0.4, -0.2) is 34.2 Å². The van der Waals surface area contributed by atoms with Crippen molar-refractivity contribution in [2.45, 2.75) is 0 Å². The van der Waals surface area contributed by atoms with Crippen LogP contribution in [0.15, 0.2) is 30.3 Å². The third-order valence-corrected chi connectivity index (χ3v) is 3.92. The molecule has 3 aromatic rings. The van der Waals surface area contributed by atoms with Gasteiger partial charge in [-0.15, -0.1) is 0 Å². The summed E-state index contributed by atoms with van der Waals surface area (Å²) in [5.74, 6) is 1.82. The third-order valence-electron chi connectivity index (χ3n) is 3.01. The molecule has 0 spiro atoms. The second-order valence-corrected chi connectivity index (χ2v) is 5.85. The van der Waals surface area contributed by atoms with Crippen molar-refractivity contribution in [1.82, 2.24) is 15.0 Å². The quantitative estimate of drug-likeness (QED) is 0.671. The van der Waals surface area contributed by atoms with Gasteiger partial charge in [0.15, 0.2) is 5.65 Å². The summed E-state index contributed by atoms with van der Waals surface area (Å²) < 4.78 is 0.815. The van der Waals surface area contributed by atoms with Crippen LogP contribution in [0.2, 0.25) is 0 Å². The lowest BCUT2D eigenvalue weighted by atomic mass is 10.2. The lowest BCUT2D eigenvalue weighted by molar-refractivity contribution is 0.471. The van der Waals surface area contributed by atoms with Crippen LogP contribution in [0.1, 0.15) is 0 Å². The molecule has 0 radical (unpaired) electrons. The molecular weight excluding hydrogens is 367 g/mol. The molecule has 0 aliphatic rings. The summed E-state index contributed by atoms with van der Waals surface area (Å²) in [6, 6.07) is 9.38. The van der Waals surface area contributed by atoms with Gasteiger partial charge >= 0.3 is 0 Å². The number of halogens is 1. The maximum atomic E-state index is 9.78. The standard InChI is InChI=1S/C14H13IN4O/c1-19(2)12-6-5-10-14(17-12)18-13(16-10)8-3-4-9(15)11(20)7-8/h3-7,20H,1-2H3,(H,16,17,18). The highest BCUT2D eigenvalue weighted by Gasteiger charge is 2.09. The van der Waals surface area contributed by atoms with E-state index in [-0.39, 0.29) is 5.75 Å². The van der Waals surface area contributed by atoms with Crippen LogP contribution in [0.25, 0.3) is 22.6 Å². The molecule has 5 nitrogen and oxygen atoms in total. The van der Waals surface area contributed by atoms with Gasteiger partial charge in [-0.1, -0.05) is 0 Å². The second kappa shape index (κ2) is 4.93. The minimum absolute atomic E-state index is 0.255. The number of aromatic hydroxyl groups is 1. The third kappa shape index (κ3) is 2.31. The molecule has 0 amide bonds. The Hall–Kier alpha value is -1.83. The van der Waals surface area contributed by atoms with Crippen molar-refractivity contribution in [1.29, 1.82) is 0 Å². The molecule has 0 unspecified atom stereocenters. The van der Waals surface area contributed by atoms with Crippen molar-refractivity contribution in [3.8, 4) is 17.1 Å². The van der Waals surface area contributed by atoms with Gasteiger partial charge in [-0.05, 0) is 52.9 Å². The smallest absolute Gasteiger partial charge is 0.180 e. The number of pyridine rings is 1. The molecule has 2 aromatic heterocycles. The first kappa shape index (κ1) is 13.2. The van der Waals surface area contributed by atoms with Gasteiger partial charge in [-0.3, -0.25) is 0 Å². The molecule has 1 aromatic carbocycles. The van der Waals surface area contributed by atoms with Gasteiger partial charge in [0.25, 0.3) is 0 Å². The minimum Gasteiger partial charge on any atom is -0.507 e. The molecule has 0 saturated heterocycles. The molecule has 0 aliphatic heterocycles. The summed E-state index contributed by atoms with van der Waals surface area (Å²) >= 11 is 2.09. The predicted octanol–water partition coefficient (Wildman–Crippen LogP) is 3.00. The number of nitrogens with one attached hydrogen (secondary N) is 1. The Morgan fingerprint density at radius 2 is 1.95 bits per heavy atom. The van der Waals surface area contributed by atoms with E-state index in [1.54, 1.807) is 6.07 Å². The maximum Gasteiger partial charge on any atom is 0.180 e. The molecule has 2 N–H and O–H groups in total. The monoisotopic (exact) mass is 380 g/mol. The van der Waals surface area contributed by atoms with E-state index in [1.807, 2.05) is 43.3 Å². The van der Waals surface area contributed by atoms with Crippen molar-refractivity contribution in [2.24, 2.45) is 0 Å². The summed E-state index contributed by atoms with van der Waals surface area (Å²) in [6.45, 7) is 0. The Balaban J connectivity index is 2.10. The number of aromatic amines is 1. The van der Waals surface area contributed by atoms with Crippen LogP contribution in [0.5, 0.6) is 5.75 Å². The number of phenolic OH excluding ortho intramolecular Hbond substituents is 1. The van der Waals surface area contributed by atoms with E-state index >= 15 is 0 Å². The van der Waals surface area contributed by atoms with Gasteiger partial charge in [0.05, 0.1) is 9.09 Å². The number of benzene rings is 1. The number of fused-ring (bicyclic) bond motifs is 1. The summed E-state index contributed by atoms with van der Waals surface area (Å²) in [6.07, 6.45) is 0. The molecule has 0 aliphatic carbocycles. The van der Waals surface area contributed by atoms with Crippen molar-refractivity contribution < 1.29 is 5.11 Å². The van der Waals surface area contributed by atoms with Crippen molar-refractivity contribution in [3.63, 3.8) is 0 Å². The first-order valence-electron chi connectivity index (χ1n) is 6.07. The first-order chi connectivity index (χ1) is 9.54. The zero-order valence-corrected chi connectivity index (χ0v) is 13.2. The van der Waals surface area contributed by atoms with E-state index in [1.165, 1.54) is 0 Å². The van der Waals surface area contributed by atoms with E-state index in [9.17, 15) is 5.11 Å². The van der Waals surface area contributed by atoms with Crippen molar-refractivity contribution in [2.75, 3.05) is 19.0 Å². The highest BCUT2D eigenvalue weighted by molar-refractivity contribution is 14.1. The molecule has 0 atom stereocenters. The van der Waals surface area contributed by atoms with Crippen LogP contribution in [-0.2, 0) is 0 Å². The maximum absolute atomic E-state index is 9.78. The molecule has 0 fully saturated rings. The average Bonchev–Trinajstić information content (AvgIpc) is 2.84. The molecule has 3 rings (SSSR count). The molecular formula is C14H13IN4O. The van der Waals surface area contributed by atoms with Crippen LogP contribution < -0.4 is 4.90 Å². The fourth-order valence-corrected chi connectivity index (χ4v) is 2.26. The Bertz CT molecular complexity index is 782. The van der Waals surface area contributed by atoms with Crippen LogP contribution in [0.3, 0.4) is 0 Å². The fraction of sp³-hybridized carbons (Fsp3) is 0.143. The second-order valence-electron chi connectivity index (χ2n) is 4.69. The SMILES string of the molecule is CN(C)c1ccc2[nH]c(-c3ccc(I)c(O)c3)nc2n1. The van der Waals surface area contributed by atoms with Crippen molar-refractivity contribution in [3.05, 3.63) is 33.9 Å². The summed E-state index contributed by atoms with van der Waals surface area (Å²) in [5, 5.41) is 9.78. The summed E-state index contributed by atoms with van der Waals surface area (Å²) in [7, 11) is 3.89. The zero-order valence-electron chi connectivity index (χ0n) is 11.1. The highest BCUT2D eigenvalue weighted by atomic mass is 127. The van der Waals surface area contributed by atoms with Crippen LogP contribution >= 0.6 is 22.6 Å². The molecule has 6 heteroatoms. The molecule has 0 saturated carbocycles. The number of nitrogens with zero attached hydrogens (tertiary/aromatic N) is 3. The number of hydrogen-bond donors (Lipinski definition) is 2. The van der Waals surface area contributed by atoms with E-state index < -0.39 is 0 Å². The summed E-state index contributed by atoms with van der Waals surface area (Å²) in [4.78, 5) is 14.1. The lowest BCUT2D eigenvalue weighted by Gasteiger charge is -2.09. The van der Waals surface area contributed by atoms with E-state index in [0.717, 1.165) is 20.5 Å². The predicted molar refractivity (Wildman–Crippen MR) is 88.0 cm³/mol. The largest absolute Gasteiger partial charge is 0.507 e. The molecule has 102 valence electrons. The zero-order chi connectivity index (χ0) is 14.3. The fourth-order valence-electron chi connectivity index (χ4n) is 1.93. The molecule has 0 bridgehead atoms. The number of hydrogen-bond acceptors (Lipinski definition) is 4. The van der Waals surface area contributed by atoms with Gasteiger partial charge in [-0.25, -0.2) is 9.97 Å². The van der Waals surface area contributed by atoms with Gasteiger partial charge < -0.3 is 15.0 Å². The first-order valence-corrected chi connectivity index (χ1v) is 7.15. The van der Waals surface area contributed by atoms with Gasteiger partial charge in [0, 0.05) is 19.7 Å². The number of H-pyrrole nitrogens is 1. The Morgan fingerprint density at radius 3 is 2.65 bits per heavy atom. The highest BCUT2D eigenvalue weighted by Crippen LogP contribution is 2.27. The summed E-state index contributed by atoms with van der Waals surface area (Å²) in [5.41, 5.74) is 2.39. The lowest BCUT2D eigenvalue weighted by Crippen LogP contribution is -2.10. The Kier molecular flexibility index (Phi) is 3.25. The van der Waals surface area contributed by atoms with E-state index in [0.29, 0.717) is 11.5 Å².